The van der Waals surface area contributed by atoms with Crippen molar-refractivity contribution >= 4 is 5.91 Å². The Kier molecular flexibility index (Phi) is 48.9. The topological polar surface area (TPSA) is 169 Å². The van der Waals surface area contributed by atoms with E-state index >= 15 is 0 Å². The summed E-state index contributed by atoms with van der Waals surface area (Å²) >= 11 is 0. The molecule has 1 amide bonds. The molecule has 0 bridgehead atoms. The molecular weight excluding hydrogens is 903 g/mol. The van der Waals surface area contributed by atoms with Crippen molar-refractivity contribution in [2.45, 2.75) is 339 Å². The molecule has 424 valence electrons. The molecule has 0 aromatic heterocycles. The van der Waals surface area contributed by atoms with Gasteiger partial charge in [0.1, 0.15) is 30.5 Å². The van der Waals surface area contributed by atoms with Crippen LogP contribution in [0.5, 0.6) is 0 Å². The van der Waals surface area contributed by atoms with Crippen molar-refractivity contribution in [3.63, 3.8) is 0 Å². The second-order valence-corrected chi connectivity index (χ2v) is 21.6. The number of allylic oxidation sites excluding steroid dienone is 5. The normalized spacial score (nSPS) is 19.8. The third-order valence-corrected chi connectivity index (χ3v) is 14.8. The van der Waals surface area contributed by atoms with Crippen LogP contribution < -0.4 is 5.32 Å². The number of hydrogen-bond acceptors (Lipinski definition) is 9. The maximum absolute atomic E-state index is 13.1. The van der Waals surface area contributed by atoms with Gasteiger partial charge >= 0.3 is 0 Å². The molecule has 10 nitrogen and oxygen atoms in total. The fourth-order valence-electron chi connectivity index (χ4n) is 9.84. The summed E-state index contributed by atoms with van der Waals surface area (Å²) in [5, 5.41) is 64.9. The van der Waals surface area contributed by atoms with Gasteiger partial charge < -0.3 is 45.4 Å². The summed E-state index contributed by atoms with van der Waals surface area (Å²) < 4.78 is 11.2. The summed E-state index contributed by atoms with van der Waals surface area (Å²) in [5.41, 5.74) is 0. The average Bonchev–Trinajstić information content (AvgIpc) is 3.38. The van der Waals surface area contributed by atoms with Crippen molar-refractivity contribution in [3.8, 4) is 0 Å². The molecule has 0 aromatic carbocycles. The van der Waals surface area contributed by atoms with Gasteiger partial charge in [0.15, 0.2) is 6.29 Å². The highest BCUT2D eigenvalue weighted by atomic mass is 16.7. The van der Waals surface area contributed by atoms with E-state index in [4.69, 9.17) is 9.47 Å². The zero-order valence-corrected chi connectivity index (χ0v) is 46.8. The van der Waals surface area contributed by atoms with Gasteiger partial charge in [-0.25, -0.2) is 0 Å². The maximum atomic E-state index is 13.1. The molecule has 8 unspecified atom stereocenters. The van der Waals surface area contributed by atoms with E-state index in [1.165, 1.54) is 218 Å². The van der Waals surface area contributed by atoms with E-state index in [2.05, 4.69) is 43.5 Å². The minimum atomic E-state index is -1.61. The SMILES string of the molecule is CCCCCCCCCCC/C=C/C(O)C(COC1OC(CO)C(O)C(O)C1O)NC(=O)C(O)CCCCCCCCCCCCCCCCCC/C=C\C/C=C\CCCCCCCCCCCCCCC. The predicted octanol–water partition coefficient (Wildman–Crippen LogP) is 14.5. The minimum Gasteiger partial charge on any atom is -0.394 e. The highest BCUT2D eigenvalue weighted by Crippen LogP contribution is 2.23. The summed E-state index contributed by atoms with van der Waals surface area (Å²) in [6, 6.07) is -0.978. The van der Waals surface area contributed by atoms with E-state index in [1.54, 1.807) is 6.08 Å². The Morgan fingerprint density at radius 2 is 0.847 bits per heavy atom. The Balaban J connectivity index is 2.09. The first-order valence-electron chi connectivity index (χ1n) is 30.8. The first kappa shape index (κ1) is 68.4. The molecule has 8 atom stereocenters. The highest BCUT2D eigenvalue weighted by Gasteiger charge is 2.44. The maximum Gasteiger partial charge on any atom is 0.249 e. The fourth-order valence-corrected chi connectivity index (χ4v) is 9.84. The molecule has 0 radical (unpaired) electrons. The molecule has 1 rings (SSSR count). The largest absolute Gasteiger partial charge is 0.394 e. The average molecular weight is 1020 g/mol. The molecule has 0 aromatic rings. The summed E-state index contributed by atoms with van der Waals surface area (Å²) in [6.45, 7) is 3.62. The van der Waals surface area contributed by atoms with Crippen LogP contribution in [0.25, 0.3) is 0 Å². The summed E-state index contributed by atoms with van der Waals surface area (Å²) in [4.78, 5) is 13.1. The molecule has 0 aliphatic carbocycles. The van der Waals surface area contributed by atoms with Crippen molar-refractivity contribution in [2.75, 3.05) is 13.2 Å². The second-order valence-electron chi connectivity index (χ2n) is 21.6. The lowest BCUT2D eigenvalue weighted by Crippen LogP contribution is -2.60. The Morgan fingerprint density at radius 3 is 1.24 bits per heavy atom. The number of carbonyl (C=O) groups is 1. The van der Waals surface area contributed by atoms with E-state index in [0.717, 1.165) is 51.4 Å². The molecule has 72 heavy (non-hydrogen) atoms. The summed E-state index contributed by atoms with van der Waals surface area (Å²) in [6.07, 6.45) is 57.2. The quantitative estimate of drug-likeness (QED) is 0.0232. The molecule has 10 heteroatoms. The van der Waals surface area contributed by atoms with Crippen LogP contribution in [0.4, 0.5) is 0 Å². The monoisotopic (exact) mass is 1020 g/mol. The number of aliphatic hydroxyl groups excluding tert-OH is 6. The lowest BCUT2D eigenvalue weighted by Gasteiger charge is -2.40. The predicted molar refractivity (Wildman–Crippen MR) is 301 cm³/mol. The van der Waals surface area contributed by atoms with Gasteiger partial charge in [0.25, 0.3) is 0 Å². The van der Waals surface area contributed by atoms with Gasteiger partial charge in [-0.3, -0.25) is 4.79 Å². The zero-order valence-electron chi connectivity index (χ0n) is 46.8. The van der Waals surface area contributed by atoms with Crippen LogP contribution >= 0.6 is 0 Å². The van der Waals surface area contributed by atoms with Crippen molar-refractivity contribution in [2.24, 2.45) is 0 Å². The van der Waals surface area contributed by atoms with Crippen LogP contribution in [0.2, 0.25) is 0 Å². The van der Waals surface area contributed by atoms with Crippen LogP contribution in [-0.2, 0) is 14.3 Å². The smallest absolute Gasteiger partial charge is 0.249 e. The van der Waals surface area contributed by atoms with E-state index < -0.39 is 61.5 Å². The third kappa shape index (κ3) is 39.7. The van der Waals surface area contributed by atoms with Crippen LogP contribution in [0.1, 0.15) is 290 Å². The number of amides is 1. The Bertz CT molecular complexity index is 1240. The molecule has 7 N–H and O–H groups in total. The lowest BCUT2D eigenvalue weighted by molar-refractivity contribution is -0.302. The first-order valence-corrected chi connectivity index (χ1v) is 30.8. The second kappa shape index (κ2) is 51.5. The number of carbonyl (C=O) groups excluding carboxylic acids is 1. The van der Waals surface area contributed by atoms with Gasteiger partial charge in [-0.2, -0.15) is 0 Å². The van der Waals surface area contributed by atoms with Crippen LogP contribution in [0, 0.1) is 0 Å². The van der Waals surface area contributed by atoms with E-state index in [1.807, 2.05) is 6.08 Å². The van der Waals surface area contributed by atoms with Gasteiger partial charge in [-0.05, 0) is 51.4 Å². The van der Waals surface area contributed by atoms with Gasteiger partial charge in [-0.1, -0.05) is 275 Å². The summed E-state index contributed by atoms with van der Waals surface area (Å²) in [7, 11) is 0. The lowest BCUT2D eigenvalue weighted by atomic mass is 9.99. The molecule has 1 fully saturated rings. The molecule has 0 spiro atoms. The highest BCUT2D eigenvalue weighted by molar-refractivity contribution is 5.80. The van der Waals surface area contributed by atoms with Gasteiger partial charge in [0.05, 0.1) is 25.4 Å². The van der Waals surface area contributed by atoms with Gasteiger partial charge in [-0.15, -0.1) is 0 Å². The van der Waals surface area contributed by atoms with Gasteiger partial charge in [0, 0.05) is 0 Å². The number of nitrogens with one attached hydrogen (secondary N) is 1. The fraction of sp³-hybridized carbons (Fsp3) is 0.887. The molecule has 1 heterocycles. The van der Waals surface area contributed by atoms with E-state index in [0.29, 0.717) is 6.42 Å². The number of rotatable bonds is 53. The van der Waals surface area contributed by atoms with Crippen LogP contribution in [-0.4, -0.2) is 98.7 Å². The summed E-state index contributed by atoms with van der Waals surface area (Å²) in [5.74, 6) is -0.615. The Morgan fingerprint density at radius 1 is 0.486 bits per heavy atom. The van der Waals surface area contributed by atoms with Crippen molar-refractivity contribution < 1.29 is 44.9 Å². The van der Waals surface area contributed by atoms with Crippen molar-refractivity contribution in [3.05, 3.63) is 36.5 Å². The molecule has 1 aliphatic heterocycles. The van der Waals surface area contributed by atoms with E-state index in [-0.39, 0.29) is 6.61 Å². The molecule has 1 saturated heterocycles. The van der Waals surface area contributed by atoms with E-state index in [9.17, 15) is 35.4 Å². The third-order valence-electron chi connectivity index (χ3n) is 14.8. The first-order chi connectivity index (χ1) is 35.3. The Labute approximate surface area is 443 Å². The number of ether oxygens (including phenoxy) is 2. The van der Waals surface area contributed by atoms with Crippen LogP contribution in [0.3, 0.4) is 0 Å². The molecular formula is C62H117NO9. The molecule has 1 aliphatic rings. The number of hydrogen-bond donors (Lipinski definition) is 7. The number of unbranched alkanes of at least 4 members (excludes halogenated alkanes) is 38. The zero-order chi connectivity index (χ0) is 52.4. The van der Waals surface area contributed by atoms with Crippen LogP contribution in [0.15, 0.2) is 36.5 Å². The Hall–Kier alpha value is -1.63. The van der Waals surface area contributed by atoms with Gasteiger partial charge in [0.2, 0.25) is 5.91 Å². The number of aliphatic hydroxyl groups is 6. The van der Waals surface area contributed by atoms with Crippen molar-refractivity contribution in [1.82, 2.24) is 5.32 Å². The minimum absolute atomic E-state index is 0.304. The molecule has 0 saturated carbocycles. The standard InChI is InChI=1S/C62H117NO9/c1-3-5-7-9-11-13-15-16-17-18-19-20-21-22-23-24-25-26-27-28-29-30-31-32-33-34-35-36-37-38-39-41-43-45-47-49-51-56(66)61(70)63-54(53-71-62-60(69)59(68)58(67)57(52-64)72-62)55(65)50-48-46-44-42-40-14-12-10-8-6-4-2/h23-24,26-27,48,50,54-60,62,64-69H,3-22,25,28-47,49,51-53H2,1-2H3,(H,63,70)/b24-23-,27-26-,50-48+. The van der Waals surface area contributed by atoms with Crippen molar-refractivity contribution in [1.29, 1.82) is 0 Å².